The predicted octanol–water partition coefficient (Wildman–Crippen LogP) is 4.10. The van der Waals surface area contributed by atoms with Gasteiger partial charge in [0.2, 0.25) is 0 Å². The first kappa shape index (κ1) is 17.7. The highest BCUT2D eigenvalue weighted by Gasteiger charge is 2.23. The molecule has 138 valence electrons. The van der Waals surface area contributed by atoms with Crippen molar-refractivity contribution in [3.63, 3.8) is 0 Å². The Hall–Kier alpha value is -3.65. The van der Waals surface area contributed by atoms with Crippen LogP contribution in [0.15, 0.2) is 61.1 Å². The summed E-state index contributed by atoms with van der Waals surface area (Å²) >= 11 is 0. The topological polar surface area (TPSA) is 68.0 Å². The zero-order chi connectivity index (χ0) is 19.3. The number of hydrogen-bond donors (Lipinski definition) is 0. The van der Waals surface area contributed by atoms with Crippen LogP contribution >= 0.6 is 0 Å². The van der Waals surface area contributed by atoms with Crippen LogP contribution in [0.5, 0.6) is 11.5 Å². The van der Waals surface area contributed by atoms with Crippen molar-refractivity contribution in [2.75, 3.05) is 7.11 Å². The number of rotatable bonds is 5. The van der Waals surface area contributed by atoms with E-state index in [0.29, 0.717) is 22.8 Å². The summed E-state index contributed by atoms with van der Waals surface area (Å²) < 4.78 is 11.7. The van der Waals surface area contributed by atoms with Crippen LogP contribution in [-0.4, -0.2) is 23.2 Å². The van der Waals surface area contributed by atoms with Gasteiger partial charge in [0.25, 0.3) is 0 Å². The van der Waals surface area contributed by atoms with Crippen molar-refractivity contribution in [1.29, 1.82) is 5.26 Å². The van der Waals surface area contributed by atoms with Crippen molar-refractivity contribution in [2.24, 2.45) is 0 Å². The molecule has 1 aromatic carbocycles. The number of nitrogens with zero attached hydrogens (tertiary/aromatic N) is 3. The molecule has 0 saturated heterocycles. The Kier molecular flexibility index (Phi) is 5.03. The highest BCUT2D eigenvalue weighted by Crippen LogP contribution is 2.32. The predicted molar refractivity (Wildman–Crippen MR) is 107 cm³/mol. The van der Waals surface area contributed by atoms with E-state index in [1.807, 2.05) is 6.07 Å². The Morgan fingerprint density at radius 1 is 1.11 bits per heavy atom. The molecule has 0 saturated carbocycles. The van der Waals surface area contributed by atoms with Crippen LogP contribution in [0.25, 0.3) is 11.6 Å². The van der Waals surface area contributed by atoms with E-state index in [4.69, 9.17) is 9.47 Å². The summed E-state index contributed by atoms with van der Waals surface area (Å²) in [6, 6.07) is 16.0. The van der Waals surface area contributed by atoms with Gasteiger partial charge in [0.15, 0.2) is 11.5 Å². The summed E-state index contributed by atoms with van der Waals surface area (Å²) in [5.41, 5.74) is 4.60. The molecule has 0 radical (unpaired) electrons. The summed E-state index contributed by atoms with van der Waals surface area (Å²) in [4.78, 5) is 8.38. The second-order valence-electron chi connectivity index (χ2n) is 6.58. The zero-order valence-corrected chi connectivity index (χ0v) is 15.5. The molecule has 1 aliphatic rings. The van der Waals surface area contributed by atoms with Crippen LogP contribution in [-0.2, 0) is 12.8 Å². The smallest absolute Gasteiger partial charge is 0.179 e. The molecule has 0 spiro atoms. The molecule has 2 aromatic heterocycles. The Morgan fingerprint density at radius 2 is 1.82 bits per heavy atom. The number of fused-ring (bicyclic) bond motifs is 1. The van der Waals surface area contributed by atoms with Gasteiger partial charge in [0, 0.05) is 31.3 Å². The Morgan fingerprint density at radius 3 is 2.46 bits per heavy atom. The number of ether oxygens (including phenoxy) is 2. The van der Waals surface area contributed by atoms with Gasteiger partial charge in [-0.1, -0.05) is 24.3 Å². The van der Waals surface area contributed by atoms with Gasteiger partial charge in [-0.05, 0) is 34.9 Å². The quantitative estimate of drug-likeness (QED) is 0.634. The molecule has 3 aromatic rings. The fourth-order valence-corrected chi connectivity index (χ4v) is 3.40. The van der Waals surface area contributed by atoms with Crippen LogP contribution < -0.4 is 9.47 Å². The van der Waals surface area contributed by atoms with E-state index in [1.165, 1.54) is 11.1 Å². The molecule has 0 atom stereocenters. The average molecular weight is 369 g/mol. The molecule has 0 fully saturated rings. The molecule has 0 bridgehead atoms. The van der Waals surface area contributed by atoms with Crippen LogP contribution in [0.4, 0.5) is 0 Å². The largest absolute Gasteiger partial charge is 0.491 e. The van der Waals surface area contributed by atoms with E-state index < -0.39 is 0 Å². The fourth-order valence-electron chi connectivity index (χ4n) is 3.40. The maximum atomic E-state index is 9.52. The lowest BCUT2D eigenvalue weighted by Gasteiger charge is -2.16. The van der Waals surface area contributed by atoms with Crippen LogP contribution in [0.2, 0.25) is 0 Å². The third-order valence-electron chi connectivity index (χ3n) is 4.78. The average Bonchev–Trinajstić information content (AvgIpc) is 3.15. The van der Waals surface area contributed by atoms with E-state index in [1.54, 1.807) is 43.9 Å². The number of nitriles is 1. The van der Waals surface area contributed by atoms with E-state index in [0.717, 1.165) is 18.4 Å². The second-order valence-corrected chi connectivity index (χ2v) is 6.58. The summed E-state index contributed by atoms with van der Waals surface area (Å²) in [5.74, 6) is 1.21. The van der Waals surface area contributed by atoms with E-state index in [9.17, 15) is 5.26 Å². The lowest BCUT2D eigenvalue weighted by atomic mass is 10.1. The van der Waals surface area contributed by atoms with Gasteiger partial charge in [0.05, 0.1) is 30.6 Å². The van der Waals surface area contributed by atoms with E-state index in [-0.39, 0.29) is 6.10 Å². The Balaban J connectivity index is 1.60. The molecule has 4 rings (SSSR count). The van der Waals surface area contributed by atoms with Gasteiger partial charge in [-0.25, -0.2) is 0 Å². The molecule has 5 nitrogen and oxygen atoms in total. The highest BCUT2D eigenvalue weighted by atomic mass is 16.5. The van der Waals surface area contributed by atoms with Crippen molar-refractivity contribution in [3.05, 3.63) is 83.4 Å². The maximum absolute atomic E-state index is 9.52. The second kappa shape index (κ2) is 7.93. The van der Waals surface area contributed by atoms with Gasteiger partial charge >= 0.3 is 0 Å². The van der Waals surface area contributed by atoms with Crippen molar-refractivity contribution in [2.45, 2.75) is 18.9 Å². The molecule has 28 heavy (non-hydrogen) atoms. The highest BCUT2D eigenvalue weighted by molar-refractivity contribution is 5.88. The van der Waals surface area contributed by atoms with Gasteiger partial charge in [-0.3, -0.25) is 9.97 Å². The summed E-state index contributed by atoms with van der Waals surface area (Å²) in [6.45, 7) is 0. The van der Waals surface area contributed by atoms with Crippen molar-refractivity contribution in [1.82, 2.24) is 9.97 Å². The molecule has 0 N–H and O–H groups in total. The van der Waals surface area contributed by atoms with Gasteiger partial charge < -0.3 is 9.47 Å². The number of benzene rings is 1. The molecule has 0 amide bonds. The summed E-state index contributed by atoms with van der Waals surface area (Å²) in [6.07, 6.45) is 8.49. The van der Waals surface area contributed by atoms with Crippen LogP contribution in [0.1, 0.15) is 22.4 Å². The molecule has 2 heterocycles. The first-order valence-electron chi connectivity index (χ1n) is 9.06. The number of pyridine rings is 2. The number of methoxy groups -OCH3 is 1. The van der Waals surface area contributed by atoms with Crippen molar-refractivity contribution in [3.8, 4) is 17.6 Å². The molecule has 0 unspecified atom stereocenters. The molecular weight excluding hydrogens is 350 g/mol. The minimum absolute atomic E-state index is 0.0566. The van der Waals surface area contributed by atoms with E-state index >= 15 is 0 Å². The van der Waals surface area contributed by atoms with Gasteiger partial charge in [-0.15, -0.1) is 0 Å². The first-order valence-corrected chi connectivity index (χ1v) is 9.06. The van der Waals surface area contributed by atoms with Crippen LogP contribution in [0.3, 0.4) is 0 Å². The van der Waals surface area contributed by atoms with Gasteiger partial charge in [-0.2, -0.15) is 5.26 Å². The standard InChI is InChI=1S/C23H19N3O2/c1-27-23-15-26-20(10-19(14-24)16-6-8-25-9-7-16)13-22(23)28-21-11-17-4-2-3-5-18(17)12-21/h2-10,13,15,21H,11-12H2,1H3. The minimum atomic E-state index is 0.0566. The molecule has 5 heteroatoms. The number of hydrogen-bond acceptors (Lipinski definition) is 5. The third-order valence-corrected chi connectivity index (χ3v) is 4.78. The van der Waals surface area contributed by atoms with Crippen molar-refractivity contribution < 1.29 is 9.47 Å². The first-order chi connectivity index (χ1) is 13.8. The monoisotopic (exact) mass is 369 g/mol. The van der Waals surface area contributed by atoms with Gasteiger partial charge in [0.1, 0.15) is 6.10 Å². The third kappa shape index (κ3) is 3.72. The summed E-state index contributed by atoms with van der Waals surface area (Å²) in [5, 5.41) is 9.52. The number of aromatic nitrogens is 2. The normalized spacial score (nSPS) is 13.6. The van der Waals surface area contributed by atoms with Crippen LogP contribution in [0, 0.1) is 11.3 Å². The number of allylic oxidation sites excluding steroid dienone is 1. The summed E-state index contributed by atoms with van der Waals surface area (Å²) in [7, 11) is 1.60. The fraction of sp³-hybridized carbons (Fsp3) is 0.174. The molecule has 0 aliphatic heterocycles. The van der Waals surface area contributed by atoms with E-state index in [2.05, 4.69) is 40.3 Å². The lowest BCUT2D eigenvalue weighted by Crippen LogP contribution is -2.17. The molecular formula is C23H19N3O2. The Bertz CT molecular complexity index is 1030. The Labute approximate surface area is 163 Å². The lowest BCUT2D eigenvalue weighted by molar-refractivity contribution is 0.204. The zero-order valence-electron chi connectivity index (χ0n) is 15.5. The maximum Gasteiger partial charge on any atom is 0.179 e. The SMILES string of the molecule is COc1cnc(C=C(C#N)c2ccncc2)cc1OC1Cc2ccccc2C1. The van der Waals surface area contributed by atoms with Crippen molar-refractivity contribution >= 4 is 11.6 Å². The minimum Gasteiger partial charge on any atom is -0.491 e. The molecule has 1 aliphatic carbocycles.